The maximum absolute atomic E-state index is 14.0. The molecule has 1 heterocycles. The number of carbonyl (C=O) groups is 4. The van der Waals surface area contributed by atoms with Gasteiger partial charge in [0.25, 0.3) is 5.91 Å². The Hall–Kier alpha value is -4.75. The van der Waals surface area contributed by atoms with Crippen LogP contribution in [0.2, 0.25) is 5.02 Å². The first kappa shape index (κ1) is 26.2. The second kappa shape index (κ2) is 9.96. The predicted molar refractivity (Wildman–Crippen MR) is 158 cm³/mol. The van der Waals surface area contributed by atoms with Gasteiger partial charge in [-0.3, -0.25) is 14.4 Å². The highest BCUT2D eigenvalue weighted by Gasteiger charge is 2.61. The fraction of sp³-hybridized carbons (Fsp3) is 0.176. The quantitative estimate of drug-likeness (QED) is 0.238. The highest BCUT2D eigenvalue weighted by atomic mass is 35.5. The Balaban J connectivity index is 1.13. The van der Waals surface area contributed by atoms with E-state index in [0.29, 0.717) is 22.0 Å². The van der Waals surface area contributed by atoms with E-state index in [4.69, 9.17) is 16.3 Å². The molecule has 0 spiro atoms. The minimum Gasteiger partial charge on any atom is -0.452 e. The van der Waals surface area contributed by atoms with E-state index >= 15 is 0 Å². The van der Waals surface area contributed by atoms with Crippen molar-refractivity contribution in [1.82, 2.24) is 0 Å². The average molecular weight is 577 g/mol. The summed E-state index contributed by atoms with van der Waals surface area (Å²) >= 11 is 6.11. The zero-order valence-corrected chi connectivity index (χ0v) is 23.3. The Morgan fingerprint density at radius 3 is 1.90 bits per heavy atom. The first-order valence-electron chi connectivity index (χ1n) is 13.7. The molecule has 1 fully saturated rings. The Morgan fingerprint density at radius 1 is 0.786 bits per heavy atom. The number of nitrogens with zero attached hydrogens (tertiary/aromatic N) is 1. The van der Waals surface area contributed by atoms with Crippen molar-refractivity contribution in [2.24, 2.45) is 11.8 Å². The molecule has 208 valence electrons. The summed E-state index contributed by atoms with van der Waals surface area (Å²) in [6.07, 6.45) is 0. The van der Waals surface area contributed by atoms with Gasteiger partial charge in [-0.05, 0) is 65.1 Å². The van der Waals surface area contributed by atoms with Crippen molar-refractivity contribution >= 4 is 46.7 Å². The Bertz CT molecular complexity index is 1700. The van der Waals surface area contributed by atoms with Crippen LogP contribution in [0.1, 0.15) is 50.0 Å². The fourth-order valence-corrected chi connectivity index (χ4v) is 7.02. The number of halogens is 1. The molecule has 1 aliphatic heterocycles. The van der Waals surface area contributed by atoms with Crippen molar-refractivity contribution in [3.8, 4) is 0 Å². The lowest BCUT2D eigenvalue weighted by molar-refractivity contribution is -0.122. The summed E-state index contributed by atoms with van der Waals surface area (Å²) in [5, 5.41) is 3.19. The van der Waals surface area contributed by atoms with Crippen LogP contribution in [0, 0.1) is 18.8 Å². The topological polar surface area (TPSA) is 92.8 Å². The molecule has 0 radical (unpaired) electrons. The van der Waals surface area contributed by atoms with Crippen molar-refractivity contribution < 1.29 is 23.9 Å². The van der Waals surface area contributed by atoms with Crippen LogP contribution in [0.15, 0.2) is 91.0 Å². The molecule has 0 unspecified atom stereocenters. The van der Waals surface area contributed by atoms with E-state index in [2.05, 4.69) is 29.6 Å². The van der Waals surface area contributed by atoms with E-state index in [9.17, 15) is 19.2 Å². The average Bonchev–Trinajstić information content (AvgIpc) is 3.28. The van der Waals surface area contributed by atoms with Gasteiger partial charge in [0.2, 0.25) is 11.8 Å². The van der Waals surface area contributed by atoms with Gasteiger partial charge >= 0.3 is 5.97 Å². The molecular weight excluding hydrogens is 552 g/mol. The fourth-order valence-electron chi connectivity index (χ4n) is 6.85. The summed E-state index contributed by atoms with van der Waals surface area (Å²) in [6, 6.07) is 27.5. The molecule has 1 N–H and O–H groups in total. The van der Waals surface area contributed by atoms with Gasteiger partial charge in [0, 0.05) is 22.5 Å². The lowest BCUT2D eigenvalue weighted by atomic mass is 9.55. The molecule has 8 rings (SSSR count). The lowest BCUT2D eigenvalue weighted by Gasteiger charge is -2.45. The Labute approximate surface area is 247 Å². The van der Waals surface area contributed by atoms with Gasteiger partial charge < -0.3 is 10.1 Å². The van der Waals surface area contributed by atoms with Gasteiger partial charge in [-0.2, -0.15) is 0 Å². The number of hydrogen-bond acceptors (Lipinski definition) is 5. The van der Waals surface area contributed by atoms with Crippen LogP contribution in [0.25, 0.3) is 0 Å². The molecule has 7 nitrogen and oxygen atoms in total. The molecule has 0 saturated carbocycles. The lowest BCUT2D eigenvalue weighted by Crippen LogP contribution is -2.41. The highest BCUT2D eigenvalue weighted by Crippen LogP contribution is 2.61. The predicted octanol–water partition coefficient (Wildman–Crippen LogP) is 5.84. The minimum absolute atomic E-state index is 0.129. The molecule has 0 aromatic heterocycles. The van der Waals surface area contributed by atoms with Gasteiger partial charge in [0.1, 0.15) is 0 Å². The Kier molecular flexibility index (Phi) is 6.21. The summed E-state index contributed by atoms with van der Waals surface area (Å²) < 4.78 is 5.25. The van der Waals surface area contributed by atoms with Crippen LogP contribution in [-0.2, 0) is 19.1 Å². The first-order chi connectivity index (χ1) is 20.3. The molecular formula is C34H25ClN2O5. The third-order valence-corrected chi connectivity index (χ3v) is 9.07. The molecule has 42 heavy (non-hydrogen) atoms. The number of esters is 1. The van der Waals surface area contributed by atoms with Crippen LogP contribution >= 0.6 is 11.6 Å². The van der Waals surface area contributed by atoms with E-state index in [1.54, 1.807) is 37.3 Å². The van der Waals surface area contributed by atoms with Crippen molar-refractivity contribution in [2.45, 2.75) is 18.8 Å². The molecule has 4 aromatic rings. The van der Waals surface area contributed by atoms with E-state index in [-0.39, 0.29) is 29.2 Å². The monoisotopic (exact) mass is 576 g/mol. The van der Waals surface area contributed by atoms with Crippen molar-refractivity contribution in [2.75, 3.05) is 16.8 Å². The molecule has 3 aliphatic carbocycles. The molecule has 2 atom stereocenters. The van der Waals surface area contributed by atoms with Gasteiger partial charge in [0.15, 0.2) is 6.61 Å². The zero-order chi connectivity index (χ0) is 29.1. The smallest absolute Gasteiger partial charge is 0.338 e. The van der Waals surface area contributed by atoms with E-state index < -0.39 is 30.3 Å². The third kappa shape index (κ3) is 3.96. The normalized spacial score (nSPS) is 21.4. The first-order valence-corrected chi connectivity index (χ1v) is 14.1. The van der Waals surface area contributed by atoms with Crippen molar-refractivity contribution in [1.29, 1.82) is 0 Å². The Morgan fingerprint density at radius 2 is 1.33 bits per heavy atom. The second-order valence-electron chi connectivity index (χ2n) is 10.9. The molecule has 4 aromatic carbocycles. The van der Waals surface area contributed by atoms with Gasteiger partial charge in [-0.15, -0.1) is 0 Å². The standard InChI is InChI=1S/C34H25ClN2O5/c1-18-25(35)14-7-15-26(18)36-27(38)17-42-34(41)19-8-6-9-20(16-19)37-32(39)30-28-21-10-2-3-11-22(21)29(31(30)33(37)40)24-13-5-4-12-23(24)28/h2-16,28-31H,17H2,1H3,(H,36,38)/t28?,29?,30-,31-/m1/s1. The van der Waals surface area contributed by atoms with E-state index in [0.717, 1.165) is 22.3 Å². The van der Waals surface area contributed by atoms with Gasteiger partial charge in [-0.25, -0.2) is 9.69 Å². The molecule has 1 saturated heterocycles. The van der Waals surface area contributed by atoms with Crippen molar-refractivity contribution in [3.63, 3.8) is 0 Å². The van der Waals surface area contributed by atoms with Crippen LogP contribution in [0.3, 0.4) is 0 Å². The largest absolute Gasteiger partial charge is 0.452 e. The van der Waals surface area contributed by atoms with E-state index in [1.165, 1.54) is 17.0 Å². The number of rotatable bonds is 5. The van der Waals surface area contributed by atoms with Gasteiger partial charge in [-0.1, -0.05) is 72.3 Å². The summed E-state index contributed by atoms with van der Waals surface area (Å²) in [5.41, 5.74) is 6.03. The zero-order valence-electron chi connectivity index (χ0n) is 22.5. The molecule has 2 bridgehead atoms. The third-order valence-electron chi connectivity index (χ3n) is 8.66. The number of benzene rings is 4. The van der Waals surface area contributed by atoms with E-state index in [1.807, 2.05) is 24.3 Å². The van der Waals surface area contributed by atoms with Crippen LogP contribution in [-0.4, -0.2) is 30.3 Å². The van der Waals surface area contributed by atoms with Gasteiger partial charge in [0.05, 0.1) is 23.1 Å². The number of amides is 3. The molecule has 3 amide bonds. The number of imide groups is 1. The second-order valence-corrected chi connectivity index (χ2v) is 11.3. The van der Waals surface area contributed by atoms with Crippen LogP contribution in [0.5, 0.6) is 0 Å². The van der Waals surface area contributed by atoms with Crippen LogP contribution in [0.4, 0.5) is 11.4 Å². The van der Waals surface area contributed by atoms with Crippen LogP contribution < -0.4 is 10.2 Å². The SMILES string of the molecule is Cc1c(Cl)cccc1NC(=O)COC(=O)c1cccc(N2C(=O)[C@@H]3C4c5ccccc5C(c5ccccc54)[C@H]3C2=O)c1. The summed E-state index contributed by atoms with van der Waals surface area (Å²) in [4.78, 5) is 54.6. The highest BCUT2D eigenvalue weighted by molar-refractivity contribution is 6.31. The van der Waals surface area contributed by atoms with Crippen molar-refractivity contribution in [3.05, 3.63) is 129 Å². The number of nitrogens with one attached hydrogen (secondary N) is 1. The summed E-state index contributed by atoms with van der Waals surface area (Å²) in [5.74, 6) is -3.30. The molecule has 8 heteroatoms. The number of ether oxygens (including phenoxy) is 1. The number of anilines is 2. The summed E-state index contributed by atoms with van der Waals surface area (Å²) in [7, 11) is 0. The maximum atomic E-state index is 14.0. The number of carbonyl (C=O) groups excluding carboxylic acids is 4. The molecule has 4 aliphatic rings. The minimum atomic E-state index is -0.744. The summed E-state index contributed by atoms with van der Waals surface area (Å²) in [6.45, 7) is 1.26. The number of hydrogen-bond donors (Lipinski definition) is 1. The maximum Gasteiger partial charge on any atom is 0.338 e.